The molecular formula is C25H29ClFNO2. The van der Waals surface area contributed by atoms with Crippen LogP contribution in [0.1, 0.15) is 49.7 Å². The van der Waals surface area contributed by atoms with Crippen LogP contribution < -0.4 is 14.8 Å². The summed E-state index contributed by atoms with van der Waals surface area (Å²) >= 11 is 6.18. The molecule has 0 saturated heterocycles. The van der Waals surface area contributed by atoms with Gasteiger partial charge in [-0.05, 0) is 74.5 Å². The molecule has 0 heterocycles. The first-order chi connectivity index (χ1) is 14.5. The van der Waals surface area contributed by atoms with Gasteiger partial charge in [0.2, 0.25) is 0 Å². The second-order valence-corrected chi connectivity index (χ2v) is 9.90. The van der Waals surface area contributed by atoms with Crippen LogP contribution in [-0.2, 0) is 13.2 Å². The lowest BCUT2D eigenvalue weighted by Crippen LogP contribution is -2.58. The van der Waals surface area contributed by atoms with Gasteiger partial charge in [0, 0.05) is 23.2 Å². The van der Waals surface area contributed by atoms with E-state index in [0.717, 1.165) is 29.9 Å². The average molecular weight is 430 g/mol. The summed E-state index contributed by atoms with van der Waals surface area (Å²) in [5, 5.41) is 4.29. The molecule has 0 aliphatic heterocycles. The molecule has 2 aromatic carbocycles. The van der Waals surface area contributed by atoms with Crippen molar-refractivity contribution < 1.29 is 13.9 Å². The summed E-state index contributed by atoms with van der Waals surface area (Å²) < 4.78 is 25.8. The number of hydrogen-bond acceptors (Lipinski definition) is 3. The number of benzene rings is 2. The number of methoxy groups -OCH3 is 1. The molecular weight excluding hydrogens is 401 g/mol. The second kappa shape index (κ2) is 8.05. The Kier molecular flexibility index (Phi) is 5.40. The highest BCUT2D eigenvalue weighted by molar-refractivity contribution is 6.31. The minimum absolute atomic E-state index is 0.0657. The van der Waals surface area contributed by atoms with E-state index in [-0.39, 0.29) is 18.0 Å². The molecule has 0 spiro atoms. The molecule has 30 heavy (non-hydrogen) atoms. The van der Waals surface area contributed by atoms with Gasteiger partial charge in [0.05, 0.1) is 12.1 Å². The minimum Gasteiger partial charge on any atom is -0.493 e. The molecule has 160 valence electrons. The first-order valence-electron chi connectivity index (χ1n) is 11.0. The van der Waals surface area contributed by atoms with Gasteiger partial charge in [0.15, 0.2) is 11.5 Å². The SMILES string of the molecule is COc1cccc(CNC23CC4CC(CC(C4)C2)C3)c1OCc1c(F)cccc1Cl. The van der Waals surface area contributed by atoms with E-state index in [2.05, 4.69) is 11.4 Å². The molecule has 0 atom stereocenters. The van der Waals surface area contributed by atoms with Crippen LogP contribution in [0.25, 0.3) is 0 Å². The number of nitrogens with one attached hydrogen (secondary N) is 1. The highest BCUT2D eigenvalue weighted by Gasteiger charge is 2.50. The van der Waals surface area contributed by atoms with Crippen LogP contribution >= 0.6 is 11.6 Å². The van der Waals surface area contributed by atoms with Gasteiger partial charge in [-0.25, -0.2) is 4.39 Å². The standard InChI is InChI=1S/C25H29ClFNO2/c1-29-23-7-2-4-19(24(23)30-15-20-21(26)5-3-6-22(20)27)14-28-25-11-16-8-17(12-25)10-18(9-16)13-25/h2-7,16-18,28H,8-15H2,1H3. The maximum absolute atomic E-state index is 14.2. The number of hydrogen-bond donors (Lipinski definition) is 1. The van der Waals surface area contributed by atoms with Gasteiger partial charge in [-0.2, -0.15) is 0 Å². The van der Waals surface area contributed by atoms with E-state index < -0.39 is 0 Å². The summed E-state index contributed by atoms with van der Waals surface area (Å²) in [4.78, 5) is 0. The lowest BCUT2D eigenvalue weighted by molar-refractivity contribution is -0.0206. The zero-order valence-electron chi connectivity index (χ0n) is 17.4. The van der Waals surface area contributed by atoms with Gasteiger partial charge in [0.1, 0.15) is 12.4 Å². The maximum atomic E-state index is 14.2. The quantitative estimate of drug-likeness (QED) is 0.574. The molecule has 0 aromatic heterocycles. The minimum atomic E-state index is -0.356. The molecule has 2 aromatic rings. The van der Waals surface area contributed by atoms with E-state index in [4.69, 9.17) is 21.1 Å². The molecule has 0 unspecified atom stereocenters. The molecule has 4 aliphatic rings. The van der Waals surface area contributed by atoms with Gasteiger partial charge in [0.25, 0.3) is 0 Å². The molecule has 4 aliphatic carbocycles. The first-order valence-corrected chi connectivity index (χ1v) is 11.4. The van der Waals surface area contributed by atoms with Gasteiger partial charge in [-0.3, -0.25) is 0 Å². The molecule has 4 saturated carbocycles. The zero-order valence-corrected chi connectivity index (χ0v) is 18.2. The van der Waals surface area contributed by atoms with Crippen molar-refractivity contribution in [2.45, 2.75) is 57.2 Å². The van der Waals surface area contributed by atoms with Crippen molar-refractivity contribution in [3.05, 3.63) is 58.4 Å². The Balaban J connectivity index is 1.34. The van der Waals surface area contributed by atoms with E-state index in [1.807, 2.05) is 12.1 Å². The van der Waals surface area contributed by atoms with Crippen molar-refractivity contribution in [3.63, 3.8) is 0 Å². The van der Waals surface area contributed by atoms with Crippen LogP contribution in [0.4, 0.5) is 4.39 Å². The number of rotatable bonds is 7. The lowest BCUT2D eigenvalue weighted by atomic mass is 9.53. The Hall–Kier alpha value is -1.78. The van der Waals surface area contributed by atoms with E-state index in [1.54, 1.807) is 19.2 Å². The second-order valence-electron chi connectivity index (χ2n) is 9.49. The Morgan fingerprint density at radius 2 is 1.70 bits per heavy atom. The third kappa shape index (κ3) is 3.80. The van der Waals surface area contributed by atoms with Crippen LogP contribution in [-0.4, -0.2) is 12.6 Å². The zero-order chi connectivity index (χ0) is 20.7. The Morgan fingerprint density at radius 1 is 1.03 bits per heavy atom. The molecule has 0 radical (unpaired) electrons. The first kappa shape index (κ1) is 20.1. The predicted molar refractivity (Wildman–Crippen MR) is 116 cm³/mol. The van der Waals surface area contributed by atoms with E-state index in [1.165, 1.54) is 44.6 Å². The molecule has 3 nitrogen and oxygen atoms in total. The van der Waals surface area contributed by atoms with Gasteiger partial charge in [-0.1, -0.05) is 29.8 Å². The van der Waals surface area contributed by atoms with Crippen LogP contribution in [0, 0.1) is 23.6 Å². The number of ether oxygens (including phenoxy) is 2. The Morgan fingerprint density at radius 3 is 2.33 bits per heavy atom. The maximum Gasteiger partial charge on any atom is 0.166 e. The molecule has 5 heteroatoms. The molecule has 6 rings (SSSR count). The third-order valence-electron chi connectivity index (χ3n) is 7.39. The summed E-state index contributed by atoms with van der Waals surface area (Å²) in [6.45, 7) is 0.792. The van der Waals surface area contributed by atoms with Gasteiger partial charge in [-0.15, -0.1) is 0 Å². The Labute approximate surface area is 182 Å². The highest BCUT2D eigenvalue weighted by atomic mass is 35.5. The summed E-state index contributed by atoms with van der Waals surface area (Å²) in [7, 11) is 1.63. The van der Waals surface area contributed by atoms with Crippen LogP contribution in [0.3, 0.4) is 0 Å². The topological polar surface area (TPSA) is 30.5 Å². The summed E-state index contributed by atoms with van der Waals surface area (Å²) in [5.41, 5.74) is 1.67. The smallest absolute Gasteiger partial charge is 0.166 e. The van der Waals surface area contributed by atoms with Gasteiger partial charge < -0.3 is 14.8 Å². The summed E-state index contributed by atoms with van der Waals surface area (Å²) in [6.07, 6.45) is 8.17. The number of halogens is 2. The van der Waals surface area contributed by atoms with Crippen molar-refractivity contribution in [3.8, 4) is 11.5 Å². The van der Waals surface area contributed by atoms with Crippen LogP contribution in [0.15, 0.2) is 36.4 Å². The highest BCUT2D eigenvalue weighted by Crippen LogP contribution is 2.55. The van der Waals surface area contributed by atoms with Crippen molar-refractivity contribution in [2.75, 3.05) is 7.11 Å². The van der Waals surface area contributed by atoms with Crippen LogP contribution in [0.5, 0.6) is 11.5 Å². The fourth-order valence-corrected chi connectivity index (χ4v) is 6.67. The largest absolute Gasteiger partial charge is 0.493 e. The lowest BCUT2D eigenvalue weighted by Gasteiger charge is -2.57. The predicted octanol–water partition coefficient (Wildman–Crippen LogP) is 6.13. The molecule has 0 amide bonds. The summed E-state index contributed by atoms with van der Waals surface area (Å²) in [5.74, 6) is 3.66. The fraction of sp³-hybridized carbons (Fsp3) is 0.520. The summed E-state index contributed by atoms with van der Waals surface area (Å²) in [6, 6.07) is 10.6. The van der Waals surface area contributed by atoms with E-state index >= 15 is 0 Å². The molecule has 1 N–H and O–H groups in total. The van der Waals surface area contributed by atoms with Crippen molar-refractivity contribution in [1.82, 2.24) is 5.32 Å². The number of para-hydroxylation sites is 1. The van der Waals surface area contributed by atoms with Crippen molar-refractivity contribution in [1.29, 1.82) is 0 Å². The third-order valence-corrected chi connectivity index (χ3v) is 7.75. The Bertz CT molecular complexity index is 876. The van der Waals surface area contributed by atoms with Crippen molar-refractivity contribution >= 4 is 11.6 Å². The molecule has 4 fully saturated rings. The van der Waals surface area contributed by atoms with Crippen LogP contribution in [0.2, 0.25) is 5.02 Å². The average Bonchev–Trinajstić information content (AvgIpc) is 2.71. The van der Waals surface area contributed by atoms with Crippen molar-refractivity contribution in [2.24, 2.45) is 17.8 Å². The fourth-order valence-electron chi connectivity index (χ4n) is 6.45. The van der Waals surface area contributed by atoms with Gasteiger partial charge >= 0.3 is 0 Å². The normalized spacial score (nSPS) is 29.2. The van der Waals surface area contributed by atoms with E-state index in [9.17, 15) is 4.39 Å². The monoisotopic (exact) mass is 429 g/mol. The van der Waals surface area contributed by atoms with E-state index in [0.29, 0.717) is 22.1 Å². The molecule has 4 bridgehead atoms.